The molecule has 6 heteroatoms. The average Bonchev–Trinajstić information content (AvgIpc) is 3.15. The van der Waals surface area contributed by atoms with Crippen molar-refractivity contribution in [2.75, 3.05) is 13.2 Å². The molecule has 2 heterocycles. The summed E-state index contributed by atoms with van der Waals surface area (Å²) in [6.07, 6.45) is -0.106. The minimum absolute atomic E-state index is 0.0962. The summed E-state index contributed by atoms with van der Waals surface area (Å²) >= 11 is 0. The fourth-order valence-corrected chi connectivity index (χ4v) is 3.22. The van der Waals surface area contributed by atoms with E-state index in [4.69, 9.17) is 4.74 Å². The van der Waals surface area contributed by atoms with Crippen LogP contribution in [0.1, 0.15) is 29.1 Å². The SMILES string of the molecule is CCOc1cccc(CNC2CNC(=O)c3cc(-c4ccccc4)nn32)c1. The van der Waals surface area contributed by atoms with Gasteiger partial charge in [0.2, 0.25) is 0 Å². The van der Waals surface area contributed by atoms with Gasteiger partial charge in [-0.3, -0.25) is 10.1 Å². The quantitative estimate of drug-likeness (QED) is 0.707. The predicted molar refractivity (Wildman–Crippen MR) is 103 cm³/mol. The number of carbonyl (C=O) groups is 1. The van der Waals surface area contributed by atoms with E-state index in [0.29, 0.717) is 25.4 Å². The molecule has 0 radical (unpaired) electrons. The second kappa shape index (κ2) is 7.63. The zero-order valence-corrected chi connectivity index (χ0v) is 15.2. The van der Waals surface area contributed by atoms with Crippen molar-refractivity contribution in [3.05, 3.63) is 71.9 Å². The molecule has 0 spiro atoms. The minimum Gasteiger partial charge on any atom is -0.494 e. The van der Waals surface area contributed by atoms with Crippen LogP contribution < -0.4 is 15.4 Å². The molecule has 1 aliphatic rings. The predicted octanol–water partition coefficient (Wildman–Crippen LogP) is 2.98. The Bertz CT molecular complexity index is 936. The Morgan fingerprint density at radius 1 is 1.19 bits per heavy atom. The third kappa shape index (κ3) is 3.71. The number of benzene rings is 2. The Kier molecular flexibility index (Phi) is 4.89. The summed E-state index contributed by atoms with van der Waals surface area (Å²) in [4.78, 5) is 12.3. The van der Waals surface area contributed by atoms with Gasteiger partial charge in [0, 0.05) is 12.1 Å². The molecule has 6 nitrogen and oxygen atoms in total. The van der Waals surface area contributed by atoms with Crippen LogP contribution in [0.5, 0.6) is 5.75 Å². The number of hydrogen-bond acceptors (Lipinski definition) is 4. The van der Waals surface area contributed by atoms with Crippen LogP contribution in [0.25, 0.3) is 11.3 Å². The maximum atomic E-state index is 12.3. The maximum absolute atomic E-state index is 12.3. The number of aromatic nitrogens is 2. The van der Waals surface area contributed by atoms with E-state index in [9.17, 15) is 4.79 Å². The Morgan fingerprint density at radius 2 is 2.04 bits per heavy atom. The summed E-state index contributed by atoms with van der Waals surface area (Å²) in [5, 5.41) is 11.1. The van der Waals surface area contributed by atoms with Gasteiger partial charge >= 0.3 is 0 Å². The van der Waals surface area contributed by atoms with Gasteiger partial charge in [0.25, 0.3) is 5.91 Å². The van der Waals surface area contributed by atoms with Crippen molar-refractivity contribution in [1.29, 1.82) is 0 Å². The Morgan fingerprint density at radius 3 is 2.85 bits per heavy atom. The zero-order valence-electron chi connectivity index (χ0n) is 15.2. The number of nitrogens with one attached hydrogen (secondary N) is 2. The lowest BCUT2D eigenvalue weighted by Crippen LogP contribution is -2.45. The summed E-state index contributed by atoms with van der Waals surface area (Å²) in [5.74, 6) is 0.765. The van der Waals surface area contributed by atoms with Crippen molar-refractivity contribution >= 4 is 5.91 Å². The van der Waals surface area contributed by atoms with Gasteiger partial charge in [0.05, 0.1) is 18.8 Å². The molecule has 1 aromatic heterocycles. The van der Waals surface area contributed by atoms with E-state index in [2.05, 4.69) is 21.8 Å². The molecule has 2 aromatic carbocycles. The van der Waals surface area contributed by atoms with Crippen molar-refractivity contribution in [2.24, 2.45) is 0 Å². The molecule has 0 saturated carbocycles. The number of rotatable bonds is 6. The lowest BCUT2D eigenvalue weighted by Gasteiger charge is -2.26. The smallest absolute Gasteiger partial charge is 0.269 e. The third-order valence-corrected chi connectivity index (χ3v) is 4.54. The highest BCUT2D eigenvalue weighted by molar-refractivity contribution is 5.94. The first-order chi connectivity index (χ1) is 13.2. The lowest BCUT2D eigenvalue weighted by molar-refractivity contribution is 0.0900. The van der Waals surface area contributed by atoms with Crippen LogP contribution in [-0.4, -0.2) is 28.8 Å². The van der Waals surface area contributed by atoms with Crippen molar-refractivity contribution in [1.82, 2.24) is 20.4 Å². The highest BCUT2D eigenvalue weighted by atomic mass is 16.5. The minimum atomic E-state index is -0.106. The summed E-state index contributed by atoms with van der Waals surface area (Å²) < 4.78 is 7.34. The Hall–Kier alpha value is -3.12. The van der Waals surface area contributed by atoms with Crippen LogP contribution in [-0.2, 0) is 6.54 Å². The van der Waals surface area contributed by atoms with Crippen molar-refractivity contribution in [3.8, 4) is 17.0 Å². The largest absolute Gasteiger partial charge is 0.494 e. The molecule has 0 saturated heterocycles. The van der Waals surface area contributed by atoms with Crippen LogP contribution in [0.4, 0.5) is 0 Å². The summed E-state index contributed by atoms with van der Waals surface area (Å²) in [5.41, 5.74) is 3.48. The van der Waals surface area contributed by atoms with Crippen molar-refractivity contribution in [3.63, 3.8) is 0 Å². The normalized spacial score (nSPS) is 15.9. The maximum Gasteiger partial charge on any atom is 0.269 e. The molecule has 0 fully saturated rings. The highest BCUT2D eigenvalue weighted by Gasteiger charge is 2.27. The molecule has 3 aromatic rings. The van der Waals surface area contributed by atoms with Crippen LogP contribution in [0, 0.1) is 0 Å². The van der Waals surface area contributed by atoms with Gasteiger partial charge in [-0.25, -0.2) is 4.68 Å². The number of carbonyl (C=O) groups excluding carboxylic acids is 1. The fourth-order valence-electron chi connectivity index (χ4n) is 3.22. The monoisotopic (exact) mass is 362 g/mol. The van der Waals surface area contributed by atoms with Gasteiger partial charge in [0.15, 0.2) is 0 Å². The molecule has 138 valence electrons. The third-order valence-electron chi connectivity index (χ3n) is 4.54. The molecule has 1 atom stereocenters. The lowest BCUT2D eigenvalue weighted by atomic mass is 10.1. The van der Waals surface area contributed by atoms with Crippen LogP contribution in [0.2, 0.25) is 0 Å². The number of amides is 1. The molecule has 1 amide bonds. The number of fused-ring (bicyclic) bond motifs is 1. The second-order valence-corrected chi connectivity index (χ2v) is 6.41. The molecule has 1 aliphatic heterocycles. The van der Waals surface area contributed by atoms with Gasteiger partial charge in [-0.1, -0.05) is 42.5 Å². The fraction of sp³-hybridized carbons (Fsp3) is 0.238. The molecule has 27 heavy (non-hydrogen) atoms. The van der Waals surface area contributed by atoms with Crippen molar-refractivity contribution < 1.29 is 9.53 Å². The zero-order chi connectivity index (χ0) is 18.6. The first-order valence-corrected chi connectivity index (χ1v) is 9.13. The van der Waals surface area contributed by atoms with E-state index in [1.165, 1.54) is 0 Å². The highest BCUT2D eigenvalue weighted by Crippen LogP contribution is 2.23. The van der Waals surface area contributed by atoms with E-state index in [0.717, 1.165) is 22.6 Å². The van der Waals surface area contributed by atoms with Crippen LogP contribution in [0.3, 0.4) is 0 Å². The summed E-state index contributed by atoms with van der Waals surface area (Å²) in [6.45, 7) is 3.76. The number of nitrogens with zero attached hydrogens (tertiary/aromatic N) is 2. The van der Waals surface area contributed by atoms with E-state index in [1.54, 1.807) is 4.68 Å². The van der Waals surface area contributed by atoms with Crippen LogP contribution >= 0.6 is 0 Å². The first-order valence-electron chi connectivity index (χ1n) is 9.13. The average molecular weight is 362 g/mol. The van der Waals surface area contributed by atoms with Gasteiger partial charge in [-0.2, -0.15) is 5.10 Å². The molecule has 1 unspecified atom stereocenters. The standard InChI is InChI=1S/C21H22N4O2/c1-2-27-17-10-6-7-15(11-17)13-22-20-14-23-21(26)19-12-18(24-25(19)20)16-8-4-3-5-9-16/h3-12,20,22H,2,13-14H2,1H3,(H,23,26). The molecular weight excluding hydrogens is 340 g/mol. The molecule has 0 aliphatic carbocycles. The van der Waals surface area contributed by atoms with E-state index in [-0.39, 0.29) is 12.1 Å². The van der Waals surface area contributed by atoms with Gasteiger partial charge in [-0.05, 0) is 30.7 Å². The molecule has 0 bridgehead atoms. The second-order valence-electron chi connectivity index (χ2n) is 6.41. The van der Waals surface area contributed by atoms with E-state index >= 15 is 0 Å². The van der Waals surface area contributed by atoms with E-state index < -0.39 is 0 Å². The Labute approximate surface area is 158 Å². The van der Waals surface area contributed by atoms with Crippen LogP contribution in [0.15, 0.2) is 60.7 Å². The first kappa shape index (κ1) is 17.3. The Balaban J connectivity index is 1.54. The van der Waals surface area contributed by atoms with E-state index in [1.807, 2.05) is 61.5 Å². The topological polar surface area (TPSA) is 68.2 Å². The van der Waals surface area contributed by atoms with Gasteiger partial charge < -0.3 is 10.1 Å². The molecular formula is C21H22N4O2. The summed E-state index contributed by atoms with van der Waals surface area (Å²) in [7, 11) is 0. The van der Waals surface area contributed by atoms with Gasteiger partial charge in [0.1, 0.15) is 17.6 Å². The number of ether oxygens (including phenoxy) is 1. The number of hydrogen-bond donors (Lipinski definition) is 2. The molecule has 4 rings (SSSR count). The van der Waals surface area contributed by atoms with Gasteiger partial charge in [-0.15, -0.1) is 0 Å². The molecule has 2 N–H and O–H groups in total. The summed E-state index contributed by atoms with van der Waals surface area (Å²) in [6, 6.07) is 19.7. The van der Waals surface area contributed by atoms with Crippen molar-refractivity contribution in [2.45, 2.75) is 19.6 Å².